The topological polar surface area (TPSA) is 70.2 Å². The van der Waals surface area contributed by atoms with E-state index >= 15 is 0 Å². The first-order chi connectivity index (χ1) is 14.0. The highest BCUT2D eigenvalue weighted by Gasteiger charge is 2.11. The second kappa shape index (κ2) is 9.75. The first-order valence-electron chi connectivity index (χ1n) is 9.27. The van der Waals surface area contributed by atoms with E-state index in [9.17, 15) is 9.59 Å². The van der Waals surface area contributed by atoms with Crippen LogP contribution in [0.5, 0.6) is 0 Å². The molecule has 3 N–H and O–H groups in total. The molecule has 5 nitrogen and oxygen atoms in total. The van der Waals surface area contributed by atoms with Crippen LogP contribution < -0.4 is 16.0 Å². The Labute approximate surface area is 175 Å². The second-order valence-electron chi connectivity index (χ2n) is 6.57. The van der Waals surface area contributed by atoms with Crippen LogP contribution in [0.4, 0.5) is 17.1 Å². The fraction of sp³-hybridized carbons (Fsp3) is 0.130. The van der Waals surface area contributed by atoms with Crippen LogP contribution in [0.15, 0.2) is 72.8 Å². The SMILES string of the molecule is CC(=O)Nc1cc(C(=O)NCCc2ccccc2)ccc1Nc1cccc(Cl)c1. The largest absolute Gasteiger partial charge is 0.354 e. The molecule has 0 radical (unpaired) electrons. The van der Waals surface area contributed by atoms with Crippen molar-refractivity contribution >= 4 is 40.5 Å². The van der Waals surface area contributed by atoms with Crippen LogP contribution in [-0.2, 0) is 11.2 Å². The number of anilines is 3. The molecular weight excluding hydrogens is 386 g/mol. The van der Waals surface area contributed by atoms with Crippen LogP contribution >= 0.6 is 11.6 Å². The highest BCUT2D eigenvalue weighted by Crippen LogP contribution is 2.28. The van der Waals surface area contributed by atoms with Crippen molar-refractivity contribution in [2.45, 2.75) is 13.3 Å². The Morgan fingerprint density at radius 2 is 1.69 bits per heavy atom. The molecule has 0 bridgehead atoms. The minimum Gasteiger partial charge on any atom is -0.354 e. The van der Waals surface area contributed by atoms with Crippen molar-refractivity contribution in [1.29, 1.82) is 0 Å². The van der Waals surface area contributed by atoms with Crippen molar-refractivity contribution in [3.63, 3.8) is 0 Å². The molecule has 0 aromatic heterocycles. The predicted molar refractivity (Wildman–Crippen MR) is 118 cm³/mol. The normalized spacial score (nSPS) is 10.3. The summed E-state index contributed by atoms with van der Waals surface area (Å²) in [4.78, 5) is 24.1. The number of rotatable bonds is 7. The van der Waals surface area contributed by atoms with Gasteiger partial charge in [0.05, 0.1) is 11.4 Å². The smallest absolute Gasteiger partial charge is 0.251 e. The van der Waals surface area contributed by atoms with Gasteiger partial charge in [0.2, 0.25) is 5.91 Å². The molecule has 0 saturated carbocycles. The molecule has 6 heteroatoms. The maximum absolute atomic E-state index is 12.5. The number of hydrogen-bond acceptors (Lipinski definition) is 3. The van der Waals surface area contributed by atoms with Crippen molar-refractivity contribution < 1.29 is 9.59 Å². The lowest BCUT2D eigenvalue weighted by atomic mass is 10.1. The number of amides is 2. The molecule has 29 heavy (non-hydrogen) atoms. The summed E-state index contributed by atoms with van der Waals surface area (Å²) < 4.78 is 0. The number of carbonyl (C=O) groups is 2. The lowest BCUT2D eigenvalue weighted by Crippen LogP contribution is -2.25. The van der Waals surface area contributed by atoms with E-state index in [1.54, 1.807) is 30.3 Å². The van der Waals surface area contributed by atoms with Gasteiger partial charge in [-0.15, -0.1) is 0 Å². The van der Waals surface area contributed by atoms with Crippen LogP contribution in [0.1, 0.15) is 22.8 Å². The fourth-order valence-electron chi connectivity index (χ4n) is 2.88. The van der Waals surface area contributed by atoms with Crippen LogP contribution in [0.2, 0.25) is 5.02 Å². The van der Waals surface area contributed by atoms with Gasteiger partial charge >= 0.3 is 0 Å². The molecule has 3 aromatic rings. The summed E-state index contributed by atoms with van der Waals surface area (Å²) in [7, 11) is 0. The number of hydrogen-bond donors (Lipinski definition) is 3. The summed E-state index contributed by atoms with van der Waals surface area (Å²) in [5, 5.41) is 9.51. The zero-order valence-electron chi connectivity index (χ0n) is 16.0. The third-order valence-corrected chi connectivity index (χ3v) is 4.47. The third-order valence-electron chi connectivity index (χ3n) is 4.24. The van der Waals surface area contributed by atoms with Crippen molar-refractivity contribution in [3.8, 4) is 0 Å². The summed E-state index contributed by atoms with van der Waals surface area (Å²) >= 11 is 6.03. The van der Waals surface area contributed by atoms with Gasteiger partial charge < -0.3 is 16.0 Å². The van der Waals surface area contributed by atoms with E-state index in [0.717, 1.165) is 17.7 Å². The van der Waals surface area contributed by atoms with Gasteiger partial charge in [0, 0.05) is 29.7 Å². The molecule has 0 aliphatic heterocycles. The molecule has 3 aromatic carbocycles. The van der Waals surface area contributed by atoms with Crippen LogP contribution in [-0.4, -0.2) is 18.4 Å². The number of halogens is 1. The molecule has 148 valence electrons. The molecule has 0 spiro atoms. The maximum atomic E-state index is 12.5. The maximum Gasteiger partial charge on any atom is 0.251 e. The van der Waals surface area contributed by atoms with E-state index < -0.39 is 0 Å². The first-order valence-corrected chi connectivity index (χ1v) is 9.65. The zero-order valence-corrected chi connectivity index (χ0v) is 16.8. The standard InChI is InChI=1S/C23H22ClN3O2/c1-16(28)26-22-14-18(23(29)25-13-12-17-6-3-2-4-7-17)10-11-21(22)27-20-9-5-8-19(24)15-20/h2-11,14-15,27H,12-13H2,1H3,(H,25,29)(H,26,28). The Hall–Kier alpha value is -3.31. The van der Waals surface area contributed by atoms with E-state index in [1.165, 1.54) is 6.92 Å². The van der Waals surface area contributed by atoms with Crippen molar-refractivity contribution in [2.24, 2.45) is 0 Å². The average molecular weight is 408 g/mol. The van der Waals surface area contributed by atoms with Crippen molar-refractivity contribution in [2.75, 3.05) is 17.2 Å². The number of benzene rings is 3. The zero-order chi connectivity index (χ0) is 20.6. The average Bonchev–Trinajstić information content (AvgIpc) is 2.69. The van der Waals surface area contributed by atoms with Crippen molar-refractivity contribution in [3.05, 3.63) is 88.9 Å². The Morgan fingerprint density at radius 3 is 2.41 bits per heavy atom. The molecule has 0 heterocycles. The molecule has 3 rings (SSSR count). The summed E-state index contributed by atoms with van der Waals surface area (Å²) in [6.07, 6.45) is 0.750. The molecule has 0 unspecified atom stereocenters. The van der Waals surface area contributed by atoms with Crippen molar-refractivity contribution in [1.82, 2.24) is 5.32 Å². The van der Waals surface area contributed by atoms with E-state index in [-0.39, 0.29) is 11.8 Å². The molecule has 0 saturated heterocycles. The summed E-state index contributed by atoms with van der Waals surface area (Å²) in [5.74, 6) is -0.414. The molecule has 0 fully saturated rings. The van der Waals surface area contributed by atoms with Gasteiger partial charge in [-0.3, -0.25) is 9.59 Å². The Bertz CT molecular complexity index is 1010. The molecule has 0 aliphatic rings. The Balaban J connectivity index is 1.72. The van der Waals surface area contributed by atoms with Gasteiger partial charge in [-0.2, -0.15) is 0 Å². The van der Waals surface area contributed by atoms with E-state index in [2.05, 4.69) is 16.0 Å². The highest BCUT2D eigenvalue weighted by atomic mass is 35.5. The van der Waals surface area contributed by atoms with Crippen LogP contribution in [0.25, 0.3) is 0 Å². The van der Waals surface area contributed by atoms with Gasteiger partial charge in [-0.1, -0.05) is 48.0 Å². The van der Waals surface area contributed by atoms with Gasteiger partial charge in [0.25, 0.3) is 5.91 Å². The Morgan fingerprint density at radius 1 is 0.897 bits per heavy atom. The third kappa shape index (κ3) is 6.09. The quantitative estimate of drug-likeness (QED) is 0.515. The second-order valence-corrected chi connectivity index (χ2v) is 7.00. The van der Waals surface area contributed by atoms with E-state index in [1.807, 2.05) is 42.5 Å². The van der Waals surface area contributed by atoms with Gasteiger partial charge in [0.15, 0.2) is 0 Å². The van der Waals surface area contributed by atoms with Crippen LogP contribution in [0.3, 0.4) is 0 Å². The monoisotopic (exact) mass is 407 g/mol. The lowest BCUT2D eigenvalue weighted by Gasteiger charge is -2.14. The molecular formula is C23H22ClN3O2. The van der Waals surface area contributed by atoms with Gasteiger partial charge in [-0.05, 0) is 48.4 Å². The van der Waals surface area contributed by atoms with Gasteiger partial charge in [-0.25, -0.2) is 0 Å². The van der Waals surface area contributed by atoms with Crippen LogP contribution in [0, 0.1) is 0 Å². The fourth-order valence-corrected chi connectivity index (χ4v) is 3.07. The minimum atomic E-state index is -0.222. The number of carbonyl (C=O) groups excluding carboxylic acids is 2. The highest BCUT2D eigenvalue weighted by molar-refractivity contribution is 6.30. The summed E-state index contributed by atoms with van der Waals surface area (Å²) in [6.45, 7) is 1.95. The Kier molecular flexibility index (Phi) is 6.87. The summed E-state index contributed by atoms with van der Waals surface area (Å²) in [5.41, 5.74) is 3.60. The van der Waals surface area contributed by atoms with Gasteiger partial charge in [0.1, 0.15) is 0 Å². The first kappa shape index (κ1) is 20.4. The number of nitrogens with one attached hydrogen (secondary N) is 3. The lowest BCUT2D eigenvalue weighted by molar-refractivity contribution is -0.114. The predicted octanol–water partition coefficient (Wildman–Crippen LogP) is 5.01. The minimum absolute atomic E-state index is 0.193. The molecule has 2 amide bonds. The van der Waals surface area contributed by atoms with E-state index in [0.29, 0.717) is 28.5 Å². The molecule has 0 atom stereocenters. The molecule has 0 aliphatic carbocycles. The summed E-state index contributed by atoms with van der Waals surface area (Å²) in [6, 6.07) is 22.4. The van der Waals surface area contributed by atoms with E-state index in [4.69, 9.17) is 11.6 Å².